The predicted octanol–water partition coefficient (Wildman–Crippen LogP) is 2.99. The summed E-state index contributed by atoms with van der Waals surface area (Å²) in [6.45, 7) is 8.79. The summed E-state index contributed by atoms with van der Waals surface area (Å²) in [5.74, 6) is 0.930. The van der Waals surface area contributed by atoms with E-state index >= 15 is 0 Å². The van der Waals surface area contributed by atoms with Crippen molar-refractivity contribution in [1.29, 1.82) is 0 Å². The number of benzene rings is 1. The molecule has 0 atom stereocenters. The molecule has 0 amide bonds. The summed E-state index contributed by atoms with van der Waals surface area (Å²) in [6.07, 6.45) is 0.918. The molecule has 0 aliphatic rings. The Kier molecular flexibility index (Phi) is 6.16. The van der Waals surface area contributed by atoms with Crippen molar-refractivity contribution in [3.63, 3.8) is 0 Å². The van der Waals surface area contributed by atoms with Crippen molar-refractivity contribution in [3.8, 4) is 5.75 Å². The van der Waals surface area contributed by atoms with Gasteiger partial charge in [-0.25, -0.2) is 0 Å². The minimum atomic E-state index is 0.134. The molecule has 0 aliphatic heterocycles. The smallest absolute Gasteiger partial charge is 0.119 e. The van der Waals surface area contributed by atoms with Gasteiger partial charge >= 0.3 is 0 Å². The molecule has 1 N–H and O–H groups in total. The number of rotatable bonds is 7. The molecule has 0 spiro atoms. The van der Waals surface area contributed by atoms with E-state index in [1.807, 2.05) is 12.1 Å². The van der Waals surface area contributed by atoms with Gasteiger partial charge < -0.3 is 14.8 Å². The minimum absolute atomic E-state index is 0.134. The normalized spacial score (nSPS) is 11.6. The zero-order valence-electron chi connectivity index (χ0n) is 12.0. The van der Waals surface area contributed by atoms with Gasteiger partial charge in [-0.1, -0.05) is 12.1 Å². The van der Waals surface area contributed by atoms with Gasteiger partial charge in [0.1, 0.15) is 5.75 Å². The van der Waals surface area contributed by atoms with Crippen LogP contribution < -0.4 is 10.1 Å². The molecule has 0 bridgehead atoms. The summed E-state index contributed by atoms with van der Waals surface area (Å²) in [7, 11) is 1.71. The Hall–Kier alpha value is -1.06. The van der Waals surface area contributed by atoms with Crippen LogP contribution in [-0.4, -0.2) is 25.9 Å². The molecule has 1 aromatic rings. The molecule has 0 aliphatic carbocycles. The highest BCUT2D eigenvalue weighted by molar-refractivity contribution is 5.28. The van der Waals surface area contributed by atoms with Crippen molar-refractivity contribution in [2.75, 3.05) is 20.3 Å². The topological polar surface area (TPSA) is 30.5 Å². The molecule has 102 valence electrons. The van der Waals surface area contributed by atoms with E-state index in [-0.39, 0.29) is 5.54 Å². The fourth-order valence-corrected chi connectivity index (χ4v) is 1.51. The van der Waals surface area contributed by atoms with Crippen LogP contribution in [0.4, 0.5) is 0 Å². The number of ether oxygens (including phenoxy) is 2. The molecule has 0 heterocycles. The first-order valence-corrected chi connectivity index (χ1v) is 6.47. The fraction of sp³-hybridized carbons (Fsp3) is 0.600. The Bertz CT molecular complexity index is 345. The number of hydrogen-bond acceptors (Lipinski definition) is 3. The summed E-state index contributed by atoms with van der Waals surface area (Å²) >= 11 is 0. The second kappa shape index (κ2) is 7.39. The Morgan fingerprint density at radius 1 is 1.17 bits per heavy atom. The lowest BCUT2D eigenvalue weighted by atomic mass is 10.1. The summed E-state index contributed by atoms with van der Waals surface area (Å²) in [5, 5.41) is 3.47. The monoisotopic (exact) mass is 251 g/mol. The van der Waals surface area contributed by atoms with Crippen LogP contribution in [0, 0.1) is 0 Å². The van der Waals surface area contributed by atoms with Gasteiger partial charge in [0.05, 0.1) is 6.61 Å². The lowest BCUT2D eigenvalue weighted by Crippen LogP contribution is -2.35. The third-order valence-electron chi connectivity index (χ3n) is 2.48. The van der Waals surface area contributed by atoms with Crippen LogP contribution in [0.15, 0.2) is 24.3 Å². The van der Waals surface area contributed by atoms with Crippen LogP contribution in [0.2, 0.25) is 0 Å². The van der Waals surface area contributed by atoms with Crippen molar-refractivity contribution in [2.24, 2.45) is 0 Å². The van der Waals surface area contributed by atoms with E-state index in [2.05, 4.69) is 38.2 Å². The Morgan fingerprint density at radius 2 is 1.94 bits per heavy atom. The van der Waals surface area contributed by atoms with Gasteiger partial charge in [0.2, 0.25) is 0 Å². The molecule has 0 aromatic heterocycles. The second-order valence-electron chi connectivity index (χ2n) is 5.45. The average molecular weight is 251 g/mol. The minimum Gasteiger partial charge on any atom is -0.493 e. The van der Waals surface area contributed by atoms with Gasteiger partial charge in [-0.15, -0.1) is 0 Å². The summed E-state index contributed by atoms with van der Waals surface area (Å²) in [4.78, 5) is 0. The van der Waals surface area contributed by atoms with Crippen LogP contribution in [0.5, 0.6) is 5.75 Å². The lowest BCUT2D eigenvalue weighted by molar-refractivity contribution is 0.172. The Morgan fingerprint density at radius 3 is 2.61 bits per heavy atom. The highest BCUT2D eigenvalue weighted by Crippen LogP contribution is 2.14. The van der Waals surface area contributed by atoms with Crippen molar-refractivity contribution in [3.05, 3.63) is 29.8 Å². The van der Waals surface area contributed by atoms with Crippen molar-refractivity contribution >= 4 is 0 Å². The quantitative estimate of drug-likeness (QED) is 0.756. The molecule has 3 heteroatoms. The summed E-state index contributed by atoms with van der Waals surface area (Å²) < 4.78 is 10.7. The van der Waals surface area contributed by atoms with Crippen molar-refractivity contribution in [2.45, 2.75) is 39.3 Å². The Labute approximate surface area is 110 Å². The first-order valence-electron chi connectivity index (χ1n) is 6.47. The molecular weight excluding hydrogens is 226 g/mol. The molecule has 0 fully saturated rings. The van der Waals surface area contributed by atoms with Gasteiger partial charge in [0, 0.05) is 32.2 Å². The first kappa shape index (κ1) is 15.0. The zero-order valence-corrected chi connectivity index (χ0v) is 12.0. The van der Waals surface area contributed by atoms with Crippen molar-refractivity contribution in [1.82, 2.24) is 5.32 Å². The van der Waals surface area contributed by atoms with Crippen molar-refractivity contribution < 1.29 is 9.47 Å². The zero-order chi connectivity index (χ0) is 13.4. The number of nitrogens with one attached hydrogen (secondary N) is 1. The van der Waals surface area contributed by atoms with Crippen LogP contribution in [0.1, 0.15) is 32.8 Å². The maximum Gasteiger partial charge on any atom is 0.119 e. The van der Waals surface area contributed by atoms with Gasteiger partial charge in [-0.05, 0) is 38.5 Å². The molecule has 18 heavy (non-hydrogen) atoms. The number of hydrogen-bond donors (Lipinski definition) is 1. The van der Waals surface area contributed by atoms with E-state index in [9.17, 15) is 0 Å². The van der Waals surface area contributed by atoms with E-state index < -0.39 is 0 Å². The Balaban J connectivity index is 2.41. The average Bonchev–Trinajstić information content (AvgIpc) is 2.32. The fourth-order valence-electron chi connectivity index (χ4n) is 1.51. The van der Waals surface area contributed by atoms with Gasteiger partial charge in [-0.3, -0.25) is 0 Å². The molecule has 0 radical (unpaired) electrons. The standard InChI is InChI=1S/C15H25NO2/c1-15(2,3)16-12-13-7-5-8-14(11-13)18-10-6-9-17-4/h5,7-8,11,16H,6,9-10,12H2,1-4H3. The largest absolute Gasteiger partial charge is 0.493 e. The predicted molar refractivity (Wildman–Crippen MR) is 75.0 cm³/mol. The molecule has 1 aromatic carbocycles. The maximum absolute atomic E-state index is 5.67. The van der Waals surface area contributed by atoms with Crippen LogP contribution in [0.3, 0.4) is 0 Å². The maximum atomic E-state index is 5.67. The summed E-state index contributed by atoms with van der Waals surface area (Å²) in [6, 6.07) is 8.23. The van der Waals surface area contributed by atoms with E-state index in [1.165, 1.54) is 5.56 Å². The van der Waals surface area contributed by atoms with Gasteiger partial charge in [-0.2, -0.15) is 0 Å². The van der Waals surface area contributed by atoms with E-state index in [1.54, 1.807) is 7.11 Å². The van der Waals surface area contributed by atoms with Gasteiger partial charge in [0.15, 0.2) is 0 Å². The van der Waals surface area contributed by atoms with Crippen LogP contribution in [-0.2, 0) is 11.3 Å². The highest BCUT2D eigenvalue weighted by Gasteiger charge is 2.08. The third kappa shape index (κ3) is 6.62. The third-order valence-corrected chi connectivity index (χ3v) is 2.48. The number of methoxy groups -OCH3 is 1. The van der Waals surface area contributed by atoms with E-state index in [4.69, 9.17) is 9.47 Å². The molecule has 0 unspecified atom stereocenters. The van der Waals surface area contributed by atoms with E-state index in [0.717, 1.165) is 25.3 Å². The highest BCUT2D eigenvalue weighted by atomic mass is 16.5. The molecule has 0 saturated heterocycles. The first-order chi connectivity index (χ1) is 8.51. The lowest BCUT2D eigenvalue weighted by Gasteiger charge is -2.20. The van der Waals surface area contributed by atoms with E-state index in [0.29, 0.717) is 6.61 Å². The molecule has 3 nitrogen and oxygen atoms in total. The SMILES string of the molecule is COCCCOc1cccc(CNC(C)(C)C)c1. The molecular formula is C15H25NO2. The van der Waals surface area contributed by atoms with Gasteiger partial charge in [0.25, 0.3) is 0 Å². The summed E-state index contributed by atoms with van der Waals surface area (Å²) in [5.41, 5.74) is 1.38. The second-order valence-corrected chi connectivity index (χ2v) is 5.45. The molecule has 0 saturated carbocycles. The van der Waals surface area contributed by atoms with Crippen LogP contribution >= 0.6 is 0 Å². The van der Waals surface area contributed by atoms with Crippen LogP contribution in [0.25, 0.3) is 0 Å². The molecule has 1 rings (SSSR count).